The first-order chi connectivity index (χ1) is 13.4. The van der Waals surface area contributed by atoms with Crippen molar-refractivity contribution in [1.82, 2.24) is 5.32 Å². The van der Waals surface area contributed by atoms with Gasteiger partial charge in [-0.05, 0) is 118 Å². The molecule has 0 saturated heterocycles. The third kappa shape index (κ3) is 3.41. The maximum absolute atomic E-state index is 10.2. The molecule has 0 aromatic carbocycles. The molecule has 4 rings (SSSR count). The third-order valence-electron chi connectivity index (χ3n) is 10.0. The van der Waals surface area contributed by atoms with Gasteiger partial charge in [0.2, 0.25) is 0 Å². The van der Waals surface area contributed by atoms with Crippen molar-refractivity contribution in [2.75, 3.05) is 13.1 Å². The van der Waals surface area contributed by atoms with Crippen LogP contribution in [0.3, 0.4) is 0 Å². The average Bonchev–Trinajstić information content (AvgIpc) is 3.03. The first kappa shape index (κ1) is 20.9. The van der Waals surface area contributed by atoms with Gasteiger partial charge < -0.3 is 10.4 Å². The highest BCUT2D eigenvalue weighted by molar-refractivity contribution is 5.27. The maximum Gasteiger partial charge on any atom is 0.0543 e. The summed E-state index contributed by atoms with van der Waals surface area (Å²) >= 11 is 0. The Kier molecular flexibility index (Phi) is 6.02. The summed E-state index contributed by atoms with van der Waals surface area (Å²) < 4.78 is 0. The van der Waals surface area contributed by atoms with Crippen molar-refractivity contribution in [2.45, 2.75) is 98.0 Å². The van der Waals surface area contributed by atoms with Crippen molar-refractivity contribution in [3.8, 4) is 0 Å². The number of aliphatic hydroxyl groups is 1. The lowest BCUT2D eigenvalue weighted by atomic mass is 9.47. The largest absolute Gasteiger partial charge is 0.393 e. The molecular weight excluding hydrogens is 342 g/mol. The van der Waals surface area contributed by atoms with Crippen molar-refractivity contribution < 1.29 is 5.11 Å². The van der Waals surface area contributed by atoms with Gasteiger partial charge in [-0.25, -0.2) is 0 Å². The molecule has 0 radical (unpaired) electrons. The van der Waals surface area contributed by atoms with Gasteiger partial charge >= 0.3 is 0 Å². The summed E-state index contributed by atoms with van der Waals surface area (Å²) in [5.41, 5.74) is 2.85. The van der Waals surface area contributed by atoms with Crippen LogP contribution in [0.25, 0.3) is 0 Å². The van der Waals surface area contributed by atoms with Crippen molar-refractivity contribution >= 4 is 0 Å². The van der Waals surface area contributed by atoms with E-state index in [-0.39, 0.29) is 6.10 Å². The fraction of sp³-hybridized carbons (Fsp3) is 0.923. The van der Waals surface area contributed by atoms with Gasteiger partial charge in [0, 0.05) is 0 Å². The zero-order valence-electron chi connectivity index (χ0n) is 19.0. The van der Waals surface area contributed by atoms with E-state index in [1.165, 1.54) is 64.5 Å². The number of hydrogen-bond donors (Lipinski definition) is 2. The van der Waals surface area contributed by atoms with Crippen molar-refractivity contribution in [1.29, 1.82) is 0 Å². The molecule has 0 amide bonds. The molecule has 4 aliphatic rings. The van der Waals surface area contributed by atoms with Gasteiger partial charge in [0.25, 0.3) is 0 Å². The predicted octanol–water partition coefficient (Wildman–Crippen LogP) is 5.95. The number of nitrogens with one attached hydrogen (secondary N) is 1. The van der Waals surface area contributed by atoms with Crippen LogP contribution in [0.15, 0.2) is 11.6 Å². The monoisotopic (exact) mass is 387 g/mol. The summed E-state index contributed by atoms with van der Waals surface area (Å²) in [7, 11) is 0. The second-order valence-corrected chi connectivity index (χ2v) is 11.4. The lowest BCUT2D eigenvalue weighted by Crippen LogP contribution is -2.50. The fourth-order valence-electron chi connectivity index (χ4n) is 8.30. The van der Waals surface area contributed by atoms with Crippen LogP contribution < -0.4 is 5.32 Å². The highest BCUT2D eigenvalue weighted by Gasteiger charge is 2.58. The summed E-state index contributed by atoms with van der Waals surface area (Å²) in [4.78, 5) is 0. The maximum atomic E-state index is 10.2. The molecule has 0 heterocycles. The minimum Gasteiger partial charge on any atom is -0.393 e. The summed E-state index contributed by atoms with van der Waals surface area (Å²) in [5.74, 6) is 4.11. The molecule has 0 bridgehead atoms. The molecule has 3 fully saturated rings. The first-order valence-electron chi connectivity index (χ1n) is 12.5. The second-order valence-electron chi connectivity index (χ2n) is 11.4. The van der Waals surface area contributed by atoms with E-state index in [9.17, 15) is 5.11 Å². The van der Waals surface area contributed by atoms with Gasteiger partial charge in [-0.15, -0.1) is 0 Å². The van der Waals surface area contributed by atoms with Gasteiger partial charge in [0.1, 0.15) is 0 Å². The molecule has 2 nitrogen and oxygen atoms in total. The lowest BCUT2D eigenvalue weighted by molar-refractivity contribution is -0.0426. The number of fused-ring (bicyclic) bond motifs is 5. The standard InChI is InChI=1S/C26H45NO/c1-5-15-27-16-12-18(2)22-8-9-23-21-7-6-19-17-20(28)10-13-25(19,3)24(21)11-14-26(22,23)4/h7,18-20,22-24,27-28H,5-6,8-17H2,1-4H3/t18-,19?,20+,22-,23+,24+,25+,26-/m1/s1. The normalized spacial score (nSPS) is 46.3. The molecule has 3 saturated carbocycles. The number of rotatable bonds is 6. The SMILES string of the molecule is CCCNCC[C@@H](C)[C@H]1CC[C@H]2C3=CCC4C[C@@H](O)CC[C@]4(C)[C@H]3CC[C@]12C. The number of hydrogen-bond acceptors (Lipinski definition) is 2. The third-order valence-corrected chi connectivity index (χ3v) is 10.0. The average molecular weight is 388 g/mol. The van der Waals surface area contributed by atoms with Crippen LogP contribution >= 0.6 is 0 Å². The van der Waals surface area contributed by atoms with E-state index in [2.05, 4.69) is 39.1 Å². The quantitative estimate of drug-likeness (QED) is 0.436. The van der Waals surface area contributed by atoms with E-state index in [0.717, 1.165) is 42.4 Å². The molecular formula is C26H45NO. The van der Waals surface area contributed by atoms with Crippen LogP contribution in [-0.2, 0) is 0 Å². The van der Waals surface area contributed by atoms with Gasteiger partial charge in [-0.3, -0.25) is 0 Å². The topological polar surface area (TPSA) is 32.3 Å². The molecule has 2 N–H and O–H groups in total. The predicted molar refractivity (Wildman–Crippen MR) is 118 cm³/mol. The molecule has 8 atom stereocenters. The molecule has 28 heavy (non-hydrogen) atoms. The summed E-state index contributed by atoms with van der Waals surface area (Å²) in [6.07, 6.45) is 15.5. The van der Waals surface area contributed by atoms with Crippen LogP contribution in [0, 0.1) is 40.4 Å². The van der Waals surface area contributed by atoms with E-state index in [4.69, 9.17) is 0 Å². The lowest BCUT2D eigenvalue weighted by Gasteiger charge is -2.57. The Morgan fingerprint density at radius 2 is 1.82 bits per heavy atom. The van der Waals surface area contributed by atoms with Crippen molar-refractivity contribution in [3.63, 3.8) is 0 Å². The Hall–Kier alpha value is -0.340. The van der Waals surface area contributed by atoms with Crippen LogP contribution in [0.2, 0.25) is 0 Å². The Bertz CT molecular complexity index is 585. The van der Waals surface area contributed by atoms with E-state index in [0.29, 0.717) is 10.8 Å². The smallest absolute Gasteiger partial charge is 0.0543 e. The summed E-state index contributed by atoms with van der Waals surface area (Å²) in [6, 6.07) is 0. The zero-order chi connectivity index (χ0) is 19.9. The van der Waals surface area contributed by atoms with Crippen molar-refractivity contribution in [2.24, 2.45) is 40.4 Å². The molecule has 0 aromatic heterocycles. The minimum atomic E-state index is -0.0418. The number of aliphatic hydroxyl groups excluding tert-OH is 1. The van der Waals surface area contributed by atoms with Gasteiger partial charge in [-0.1, -0.05) is 39.3 Å². The van der Waals surface area contributed by atoms with E-state index in [1.807, 2.05) is 5.57 Å². The Labute approximate surface area is 173 Å². The van der Waals surface area contributed by atoms with E-state index < -0.39 is 0 Å². The zero-order valence-corrected chi connectivity index (χ0v) is 19.0. The van der Waals surface area contributed by atoms with Gasteiger partial charge in [0.05, 0.1) is 6.10 Å². The van der Waals surface area contributed by atoms with Crippen LogP contribution in [0.5, 0.6) is 0 Å². The highest BCUT2D eigenvalue weighted by atomic mass is 16.3. The Morgan fingerprint density at radius 3 is 2.61 bits per heavy atom. The molecule has 160 valence electrons. The summed E-state index contributed by atoms with van der Waals surface area (Å²) in [5, 5.41) is 13.9. The van der Waals surface area contributed by atoms with E-state index in [1.54, 1.807) is 0 Å². The minimum absolute atomic E-state index is 0.0418. The van der Waals surface area contributed by atoms with Crippen LogP contribution in [0.4, 0.5) is 0 Å². The van der Waals surface area contributed by atoms with Crippen molar-refractivity contribution in [3.05, 3.63) is 11.6 Å². The number of allylic oxidation sites excluding steroid dienone is 2. The molecule has 0 aromatic rings. The second kappa shape index (κ2) is 8.06. The molecule has 0 spiro atoms. The Morgan fingerprint density at radius 1 is 1.07 bits per heavy atom. The fourth-order valence-corrected chi connectivity index (χ4v) is 8.30. The van der Waals surface area contributed by atoms with Crippen LogP contribution in [0.1, 0.15) is 91.9 Å². The molecule has 2 heteroatoms. The van der Waals surface area contributed by atoms with E-state index >= 15 is 0 Å². The highest BCUT2D eigenvalue weighted by Crippen LogP contribution is 2.66. The van der Waals surface area contributed by atoms with Gasteiger partial charge in [-0.2, -0.15) is 0 Å². The van der Waals surface area contributed by atoms with Gasteiger partial charge in [0.15, 0.2) is 0 Å². The Balaban J connectivity index is 1.48. The molecule has 0 aliphatic heterocycles. The summed E-state index contributed by atoms with van der Waals surface area (Å²) in [6.45, 7) is 12.4. The first-order valence-corrected chi connectivity index (χ1v) is 12.5. The molecule has 1 unspecified atom stereocenters. The van der Waals surface area contributed by atoms with Crippen LogP contribution in [-0.4, -0.2) is 24.3 Å². The molecule has 4 aliphatic carbocycles.